The van der Waals surface area contributed by atoms with Crippen LogP contribution in [0.5, 0.6) is 0 Å². The number of nitro benzene ring substituents is 1. The number of nitrogens with zero attached hydrogens (tertiary/aromatic N) is 2. The summed E-state index contributed by atoms with van der Waals surface area (Å²) in [6.45, 7) is 3.36. The molecule has 12 heteroatoms. The summed E-state index contributed by atoms with van der Waals surface area (Å²) in [6, 6.07) is 17.3. The Labute approximate surface area is 223 Å². The molecule has 0 fully saturated rings. The molecule has 4 rings (SSSR count). The summed E-state index contributed by atoms with van der Waals surface area (Å²) in [5.41, 5.74) is -0.389. The zero-order valence-electron chi connectivity index (χ0n) is 20.3. The standard InChI is InChI=1S/C26H22ClN3O7S/c1-3-37-26(32)16(2)17-9-11-21(23(14-17)30(33)34)28-25(31)24-15-18-13-19(27)10-12-22(18)29(24)38(35,36)20-7-5-4-6-8-20/h4-16H,3H2,1-2H3,(H,28,31). The number of rotatable bonds is 8. The van der Waals surface area contributed by atoms with Gasteiger partial charge in [0.2, 0.25) is 0 Å². The molecule has 1 aromatic heterocycles. The van der Waals surface area contributed by atoms with Gasteiger partial charge in [-0.3, -0.25) is 19.7 Å². The molecule has 4 aromatic rings. The Hall–Kier alpha value is -4.22. The van der Waals surface area contributed by atoms with Crippen molar-refractivity contribution in [1.29, 1.82) is 0 Å². The fourth-order valence-electron chi connectivity index (χ4n) is 3.94. The van der Waals surface area contributed by atoms with Crippen molar-refractivity contribution in [3.8, 4) is 0 Å². The first kappa shape index (κ1) is 26.8. The van der Waals surface area contributed by atoms with Crippen molar-refractivity contribution in [1.82, 2.24) is 3.97 Å². The third-order valence-corrected chi connectivity index (χ3v) is 7.82. The minimum Gasteiger partial charge on any atom is -0.466 e. The monoisotopic (exact) mass is 555 g/mol. The summed E-state index contributed by atoms with van der Waals surface area (Å²) in [4.78, 5) is 36.6. The first-order valence-electron chi connectivity index (χ1n) is 11.4. The van der Waals surface area contributed by atoms with Crippen LogP contribution in [0.3, 0.4) is 0 Å². The number of nitrogens with one attached hydrogen (secondary N) is 1. The van der Waals surface area contributed by atoms with Crippen molar-refractivity contribution in [2.75, 3.05) is 11.9 Å². The highest BCUT2D eigenvalue weighted by molar-refractivity contribution is 7.90. The van der Waals surface area contributed by atoms with E-state index >= 15 is 0 Å². The lowest BCUT2D eigenvalue weighted by molar-refractivity contribution is -0.384. The average Bonchev–Trinajstić information content (AvgIpc) is 3.28. The summed E-state index contributed by atoms with van der Waals surface area (Å²) in [7, 11) is -4.23. The van der Waals surface area contributed by atoms with E-state index in [2.05, 4.69) is 5.32 Å². The van der Waals surface area contributed by atoms with Gasteiger partial charge in [-0.15, -0.1) is 0 Å². The molecule has 1 amide bonds. The van der Waals surface area contributed by atoms with Crippen LogP contribution >= 0.6 is 11.6 Å². The largest absolute Gasteiger partial charge is 0.466 e. The van der Waals surface area contributed by atoms with Crippen LogP contribution in [-0.2, 0) is 19.6 Å². The highest BCUT2D eigenvalue weighted by Crippen LogP contribution is 2.32. The second-order valence-electron chi connectivity index (χ2n) is 8.28. The van der Waals surface area contributed by atoms with Crippen LogP contribution in [0.2, 0.25) is 5.02 Å². The molecule has 196 valence electrons. The van der Waals surface area contributed by atoms with Crippen LogP contribution in [0.15, 0.2) is 77.7 Å². The Morgan fingerprint density at radius 1 is 1.08 bits per heavy atom. The van der Waals surface area contributed by atoms with E-state index in [1.807, 2.05) is 0 Å². The summed E-state index contributed by atoms with van der Waals surface area (Å²) >= 11 is 6.09. The van der Waals surface area contributed by atoms with E-state index in [1.54, 1.807) is 32.0 Å². The number of aromatic nitrogens is 1. The average molecular weight is 556 g/mol. The van der Waals surface area contributed by atoms with Gasteiger partial charge in [0.25, 0.3) is 21.6 Å². The van der Waals surface area contributed by atoms with Crippen molar-refractivity contribution in [3.05, 3.63) is 99.2 Å². The van der Waals surface area contributed by atoms with E-state index < -0.39 is 38.4 Å². The molecule has 3 aromatic carbocycles. The number of amides is 1. The molecule has 1 heterocycles. The van der Waals surface area contributed by atoms with Gasteiger partial charge in [0, 0.05) is 16.5 Å². The number of hydrogen-bond acceptors (Lipinski definition) is 7. The molecule has 0 bridgehead atoms. The Balaban J connectivity index is 1.79. The number of ether oxygens (including phenoxy) is 1. The summed E-state index contributed by atoms with van der Waals surface area (Å²) in [5, 5.41) is 15.0. The normalized spacial score (nSPS) is 12.2. The maximum Gasteiger partial charge on any atom is 0.313 e. The lowest BCUT2D eigenvalue weighted by atomic mass is 10.00. The van der Waals surface area contributed by atoms with Gasteiger partial charge in [-0.05, 0) is 61.9 Å². The first-order chi connectivity index (χ1) is 18.0. The highest BCUT2D eigenvalue weighted by atomic mass is 35.5. The number of carbonyl (C=O) groups is 2. The predicted octanol–water partition coefficient (Wildman–Crippen LogP) is 5.36. The van der Waals surface area contributed by atoms with Crippen LogP contribution in [0.4, 0.5) is 11.4 Å². The van der Waals surface area contributed by atoms with E-state index in [0.717, 1.165) is 3.97 Å². The molecule has 1 atom stereocenters. The minimum absolute atomic E-state index is 0.0511. The number of carbonyl (C=O) groups excluding carboxylic acids is 2. The molecule has 38 heavy (non-hydrogen) atoms. The first-order valence-corrected chi connectivity index (χ1v) is 13.2. The van der Waals surface area contributed by atoms with E-state index in [1.165, 1.54) is 54.6 Å². The van der Waals surface area contributed by atoms with Crippen molar-refractivity contribution < 1.29 is 27.7 Å². The Bertz CT molecular complexity index is 1670. The SMILES string of the molecule is CCOC(=O)C(C)c1ccc(NC(=O)c2cc3cc(Cl)ccc3n2S(=O)(=O)c2ccccc2)c([N+](=O)[O-])c1. The van der Waals surface area contributed by atoms with Crippen LogP contribution in [0, 0.1) is 10.1 Å². The molecule has 10 nitrogen and oxygen atoms in total. The van der Waals surface area contributed by atoms with Gasteiger partial charge in [0.05, 0.1) is 27.9 Å². The smallest absolute Gasteiger partial charge is 0.313 e. The molecule has 0 saturated carbocycles. The fraction of sp³-hybridized carbons (Fsp3) is 0.154. The second kappa shape index (κ2) is 10.6. The molecule has 0 aliphatic rings. The maximum absolute atomic E-state index is 13.6. The van der Waals surface area contributed by atoms with Gasteiger partial charge in [-0.1, -0.05) is 35.9 Å². The van der Waals surface area contributed by atoms with E-state index in [0.29, 0.717) is 16.0 Å². The summed E-state index contributed by atoms with van der Waals surface area (Å²) in [5.74, 6) is -2.22. The molecule has 0 saturated heterocycles. The van der Waals surface area contributed by atoms with Gasteiger partial charge in [-0.25, -0.2) is 12.4 Å². The van der Waals surface area contributed by atoms with Crippen LogP contribution < -0.4 is 5.32 Å². The number of nitro groups is 1. The van der Waals surface area contributed by atoms with Gasteiger partial charge < -0.3 is 10.1 Å². The highest BCUT2D eigenvalue weighted by Gasteiger charge is 2.28. The number of benzene rings is 3. The number of hydrogen-bond donors (Lipinski definition) is 1. The lowest BCUT2D eigenvalue weighted by Crippen LogP contribution is -2.22. The molecule has 0 spiro atoms. The zero-order valence-corrected chi connectivity index (χ0v) is 21.8. The maximum atomic E-state index is 13.6. The van der Waals surface area contributed by atoms with Crippen LogP contribution in [0.25, 0.3) is 10.9 Å². The van der Waals surface area contributed by atoms with Crippen LogP contribution in [-0.4, -0.2) is 35.8 Å². The Morgan fingerprint density at radius 3 is 2.45 bits per heavy atom. The Morgan fingerprint density at radius 2 is 1.79 bits per heavy atom. The van der Waals surface area contributed by atoms with Crippen molar-refractivity contribution in [2.45, 2.75) is 24.7 Å². The number of esters is 1. The zero-order chi connectivity index (χ0) is 27.6. The molecule has 1 unspecified atom stereocenters. The Kier molecular flexibility index (Phi) is 7.51. The van der Waals surface area contributed by atoms with Gasteiger partial charge in [0.1, 0.15) is 11.4 Å². The molecular weight excluding hydrogens is 534 g/mol. The molecule has 0 aliphatic carbocycles. The third-order valence-electron chi connectivity index (χ3n) is 5.84. The van der Waals surface area contributed by atoms with Crippen molar-refractivity contribution >= 4 is 55.8 Å². The third kappa shape index (κ3) is 5.11. The fourth-order valence-corrected chi connectivity index (χ4v) is 5.65. The topological polar surface area (TPSA) is 138 Å². The molecule has 0 aliphatic heterocycles. The van der Waals surface area contributed by atoms with E-state index in [4.69, 9.17) is 16.3 Å². The van der Waals surface area contributed by atoms with Crippen molar-refractivity contribution in [2.24, 2.45) is 0 Å². The van der Waals surface area contributed by atoms with Crippen LogP contribution in [0.1, 0.15) is 35.8 Å². The predicted molar refractivity (Wildman–Crippen MR) is 142 cm³/mol. The minimum atomic E-state index is -4.23. The van der Waals surface area contributed by atoms with Gasteiger partial charge in [0.15, 0.2) is 0 Å². The number of fused-ring (bicyclic) bond motifs is 1. The molecular formula is C26H22ClN3O7S. The summed E-state index contributed by atoms with van der Waals surface area (Å²) < 4.78 is 33.0. The lowest BCUT2D eigenvalue weighted by Gasteiger charge is -2.14. The molecule has 1 N–H and O–H groups in total. The summed E-state index contributed by atoms with van der Waals surface area (Å²) in [6.07, 6.45) is 0. The van der Waals surface area contributed by atoms with E-state index in [-0.39, 0.29) is 28.4 Å². The van der Waals surface area contributed by atoms with Crippen molar-refractivity contribution in [3.63, 3.8) is 0 Å². The van der Waals surface area contributed by atoms with E-state index in [9.17, 15) is 28.1 Å². The number of halogens is 1. The second-order valence-corrected chi connectivity index (χ2v) is 10.5. The quantitative estimate of drug-likeness (QED) is 0.175. The van der Waals surface area contributed by atoms with Gasteiger partial charge in [-0.2, -0.15) is 0 Å². The molecule has 0 radical (unpaired) electrons. The van der Waals surface area contributed by atoms with Gasteiger partial charge >= 0.3 is 5.97 Å². The number of anilines is 1.